The Kier molecular flexibility index (Phi) is 6.56. The molecule has 0 spiro atoms. The molecule has 1 aliphatic carbocycles. The standard InChI is InChI=1S/C21H34N4O2/c1-15(8-6-7-11-20-22-24-25-23-20)21-17(18-12-13-19(21)27-18)14-26-16-9-4-2-3-5-10-16/h8,16-19,21H,2-7,9-14H2,1H3,(H,22,23,24,25)/b15-8-/t17-,18+,19-,21-/m1/s1. The third-order valence-corrected chi connectivity index (χ3v) is 6.74. The number of hydrogen-bond acceptors (Lipinski definition) is 5. The highest BCUT2D eigenvalue weighted by atomic mass is 16.5. The molecule has 3 aliphatic rings. The zero-order valence-electron chi connectivity index (χ0n) is 16.6. The predicted octanol–water partition coefficient (Wildman–Crippen LogP) is 4.00. The van der Waals surface area contributed by atoms with Gasteiger partial charge in [0.1, 0.15) is 0 Å². The Morgan fingerprint density at radius 2 is 1.96 bits per heavy atom. The lowest BCUT2D eigenvalue weighted by Gasteiger charge is -2.30. The summed E-state index contributed by atoms with van der Waals surface area (Å²) < 4.78 is 12.7. The van der Waals surface area contributed by atoms with E-state index in [0.29, 0.717) is 30.1 Å². The fourth-order valence-corrected chi connectivity index (χ4v) is 5.29. The zero-order chi connectivity index (χ0) is 18.5. The van der Waals surface area contributed by atoms with Gasteiger partial charge in [-0.15, -0.1) is 10.2 Å². The van der Waals surface area contributed by atoms with Crippen molar-refractivity contribution in [3.8, 4) is 0 Å². The number of H-pyrrole nitrogens is 1. The molecule has 0 unspecified atom stereocenters. The van der Waals surface area contributed by atoms with Crippen LogP contribution in [0.3, 0.4) is 0 Å². The van der Waals surface area contributed by atoms with E-state index in [4.69, 9.17) is 9.47 Å². The number of aromatic nitrogens is 4. The van der Waals surface area contributed by atoms with Crippen LogP contribution in [-0.2, 0) is 15.9 Å². The molecule has 0 amide bonds. The van der Waals surface area contributed by atoms with Gasteiger partial charge >= 0.3 is 0 Å². The highest BCUT2D eigenvalue weighted by molar-refractivity contribution is 5.14. The largest absolute Gasteiger partial charge is 0.378 e. The molecule has 3 heterocycles. The number of unbranched alkanes of at least 4 members (excludes halogenated alkanes) is 1. The number of nitrogens with zero attached hydrogens (tertiary/aromatic N) is 3. The van der Waals surface area contributed by atoms with Gasteiger partial charge in [0.25, 0.3) is 0 Å². The topological polar surface area (TPSA) is 72.9 Å². The van der Waals surface area contributed by atoms with E-state index in [-0.39, 0.29) is 0 Å². The molecule has 4 rings (SSSR count). The second-order valence-electron chi connectivity index (χ2n) is 8.60. The lowest BCUT2D eigenvalue weighted by Crippen LogP contribution is -2.33. The van der Waals surface area contributed by atoms with Crippen molar-refractivity contribution in [2.75, 3.05) is 6.61 Å². The molecule has 1 aromatic heterocycles. The molecule has 2 saturated heterocycles. The van der Waals surface area contributed by atoms with Gasteiger partial charge in [0.15, 0.2) is 5.82 Å². The van der Waals surface area contributed by atoms with Crippen LogP contribution < -0.4 is 0 Å². The fraction of sp³-hybridized carbons (Fsp3) is 0.857. The Balaban J connectivity index is 1.29. The Morgan fingerprint density at radius 3 is 2.74 bits per heavy atom. The Bertz CT molecular complexity index is 595. The highest BCUT2D eigenvalue weighted by Crippen LogP contribution is 2.47. The van der Waals surface area contributed by atoms with E-state index in [1.165, 1.54) is 56.9 Å². The van der Waals surface area contributed by atoms with Crippen molar-refractivity contribution in [1.82, 2.24) is 20.6 Å². The molecular formula is C21H34N4O2. The van der Waals surface area contributed by atoms with Crippen LogP contribution >= 0.6 is 0 Å². The normalized spacial score (nSPS) is 32.1. The van der Waals surface area contributed by atoms with Gasteiger partial charge < -0.3 is 9.47 Å². The maximum absolute atomic E-state index is 6.42. The first kappa shape index (κ1) is 19.1. The predicted molar refractivity (Wildman–Crippen MR) is 103 cm³/mol. The van der Waals surface area contributed by atoms with Gasteiger partial charge in [-0.2, -0.15) is 5.21 Å². The third-order valence-electron chi connectivity index (χ3n) is 6.74. The number of nitrogens with one attached hydrogen (secondary N) is 1. The minimum atomic E-state index is 0.409. The van der Waals surface area contributed by atoms with Gasteiger partial charge in [-0.3, -0.25) is 0 Å². The number of rotatable bonds is 8. The molecule has 1 aromatic rings. The molecule has 0 aromatic carbocycles. The number of aryl methyl sites for hydroxylation is 1. The van der Waals surface area contributed by atoms with Crippen molar-refractivity contribution in [3.63, 3.8) is 0 Å². The van der Waals surface area contributed by atoms with Crippen LogP contribution in [-0.4, -0.2) is 45.5 Å². The van der Waals surface area contributed by atoms with Crippen LogP contribution in [0.5, 0.6) is 0 Å². The molecular weight excluding hydrogens is 340 g/mol. The Labute approximate surface area is 162 Å². The van der Waals surface area contributed by atoms with Crippen molar-refractivity contribution in [2.45, 2.75) is 95.9 Å². The van der Waals surface area contributed by atoms with Gasteiger partial charge in [-0.05, 0) is 45.4 Å². The molecule has 27 heavy (non-hydrogen) atoms. The smallest absolute Gasteiger partial charge is 0.174 e. The second-order valence-corrected chi connectivity index (χ2v) is 8.60. The van der Waals surface area contributed by atoms with E-state index in [0.717, 1.165) is 31.7 Å². The average Bonchev–Trinajstić information content (AvgIpc) is 3.38. The first-order chi connectivity index (χ1) is 13.3. The number of fused-ring (bicyclic) bond motifs is 2. The van der Waals surface area contributed by atoms with Crippen LogP contribution in [0.1, 0.15) is 77.0 Å². The van der Waals surface area contributed by atoms with Gasteiger partial charge in [0.05, 0.1) is 24.9 Å². The summed E-state index contributed by atoms with van der Waals surface area (Å²) in [5.41, 5.74) is 1.49. The molecule has 1 N–H and O–H groups in total. The summed E-state index contributed by atoms with van der Waals surface area (Å²) in [6.45, 7) is 3.17. The number of allylic oxidation sites excluding steroid dienone is 1. The summed E-state index contributed by atoms with van der Waals surface area (Å²) in [5, 5.41) is 14.2. The summed E-state index contributed by atoms with van der Waals surface area (Å²) >= 11 is 0. The van der Waals surface area contributed by atoms with Crippen molar-refractivity contribution < 1.29 is 9.47 Å². The van der Waals surface area contributed by atoms with E-state index in [1.54, 1.807) is 0 Å². The van der Waals surface area contributed by atoms with Crippen LogP contribution in [0, 0.1) is 11.8 Å². The van der Waals surface area contributed by atoms with E-state index in [9.17, 15) is 0 Å². The van der Waals surface area contributed by atoms with E-state index < -0.39 is 0 Å². The van der Waals surface area contributed by atoms with Gasteiger partial charge in [0, 0.05) is 18.3 Å². The summed E-state index contributed by atoms with van der Waals surface area (Å²) in [4.78, 5) is 0. The number of hydrogen-bond donors (Lipinski definition) is 1. The summed E-state index contributed by atoms with van der Waals surface area (Å²) in [7, 11) is 0. The summed E-state index contributed by atoms with van der Waals surface area (Å²) in [5.74, 6) is 1.89. The minimum Gasteiger partial charge on any atom is -0.378 e. The molecule has 150 valence electrons. The van der Waals surface area contributed by atoms with Crippen molar-refractivity contribution in [3.05, 3.63) is 17.5 Å². The van der Waals surface area contributed by atoms with E-state index in [1.807, 2.05) is 0 Å². The summed E-state index contributed by atoms with van der Waals surface area (Å²) in [6.07, 6.45) is 17.0. The number of tetrazole rings is 1. The van der Waals surface area contributed by atoms with Gasteiger partial charge in [0.2, 0.25) is 0 Å². The van der Waals surface area contributed by atoms with Crippen molar-refractivity contribution >= 4 is 0 Å². The van der Waals surface area contributed by atoms with Crippen molar-refractivity contribution in [1.29, 1.82) is 0 Å². The van der Waals surface area contributed by atoms with Gasteiger partial charge in [-0.1, -0.05) is 42.5 Å². The maximum Gasteiger partial charge on any atom is 0.174 e. The monoisotopic (exact) mass is 374 g/mol. The lowest BCUT2D eigenvalue weighted by atomic mass is 9.75. The van der Waals surface area contributed by atoms with Gasteiger partial charge in [-0.25, -0.2) is 0 Å². The molecule has 4 atom stereocenters. The van der Waals surface area contributed by atoms with Crippen LogP contribution in [0.2, 0.25) is 0 Å². The Morgan fingerprint density at radius 1 is 1.15 bits per heavy atom. The maximum atomic E-state index is 6.42. The van der Waals surface area contributed by atoms with E-state index >= 15 is 0 Å². The molecule has 0 radical (unpaired) electrons. The highest BCUT2D eigenvalue weighted by Gasteiger charge is 2.49. The zero-order valence-corrected chi connectivity index (χ0v) is 16.6. The molecule has 2 aliphatic heterocycles. The average molecular weight is 375 g/mol. The van der Waals surface area contributed by atoms with Crippen LogP contribution in [0.25, 0.3) is 0 Å². The molecule has 2 bridgehead atoms. The molecule has 3 fully saturated rings. The van der Waals surface area contributed by atoms with E-state index in [2.05, 4.69) is 33.6 Å². The third kappa shape index (κ3) is 4.77. The van der Waals surface area contributed by atoms with Crippen LogP contribution in [0.15, 0.2) is 11.6 Å². The molecule has 1 saturated carbocycles. The minimum absolute atomic E-state index is 0.409. The number of aromatic amines is 1. The number of ether oxygens (including phenoxy) is 2. The fourth-order valence-electron chi connectivity index (χ4n) is 5.29. The van der Waals surface area contributed by atoms with Crippen LogP contribution in [0.4, 0.5) is 0 Å². The van der Waals surface area contributed by atoms with Crippen molar-refractivity contribution in [2.24, 2.45) is 11.8 Å². The first-order valence-corrected chi connectivity index (χ1v) is 11.0. The first-order valence-electron chi connectivity index (χ1n) is 11.0. The quantitative estimate of drug-likeness (QED) is 0.423. The molecule has 6 heteroatoms. The Hall–Kier alpha value is -1.27. The summed E-state index contributed by atoms with van der Waals surface area (Å²) in [6, 6.07) is 0. The second kappa shape index (κ2) is 9.28. The molecule has 6 nitrogen and oxygen atoms in total. The SMILES string of the molecule is C/C(=C/CCCc1nn[nH]n1)[C@@H]1[C@H](COC2CCCCCC2)[C@@H]2CC[C@H]1O2. The lowest BCUT2D eigenvalue weighted by molar-refractivity contribution is -0.00166.